The van der Waals surface area contributed by atoms with Crippen LogP contribution in [0.3, 0.4) is 0 Å². The van der Waals surface area contributed by atoms with Crippen LogP contribution >= 0.6 is 11.8 Å². The average Bonchev–Trinajstić information content (AvgIpc) is 2.78. The highest BCUT2D eigenvalue weighted by Crippen LogP contribution is 2.42. The lowest BCUT2D eigenvalue weighted by Gasteiger charge is -2.19. The highest BCUT2D eigenvalue weighted by Gasteiger charge is 2.36. The molecule has 1 aromatic heterocycles. The Morgan fingerprint density at radius 3 is 2.50 bits per heavy atom. The molecule has 1 aliphatic heterocycles. The number of carbonyl (C=O) groups excluding carboxylic acids is 1. The predicted octanol–water partition coefficient (Wildman–Crippen LogP) is 2.50. The van der Waals surface area contributed by atoms with Crippen LogP contribution < -0.4 is 10.3 Å². The number of carbonyl (C=O) groups is 1. The normalized spacial score (nSPS) is 16.8. The fourth-order valence-electron chi connectivity index (χ4n) is 2.76. The van der Waals surface area contributed by atoms with Gasteiger partial charge in [0.15, 0.2) is 0 Å². The molecule has 0 aliphatic carbocycles. The Morgan fingerprint density at radius 2 is 1.91 bits per heavy atom. The van der Waals surface area contributed by atoms with Crippen LogP contribution in [0.4, 0.5) is 0 Å². The van der Waals surface area contributed by atoms with E-state index in [1.807, 2.05) is 30.5 Å². The first-order valence-corrected chi connectivity index (χ1v) is 8.07. The average molecular weight is 316 g/mol. The van der Waals surface area contributed by atoms with Gasteiger partial charge in [0.05, 0.1) is 18.4 Å². The number of hydrogen-bond acceptors (Lipinski definition) is 4. The van der Waals surface area contributed by atoms with E-state index in [4.69, 9.17) is 4.74 Å². The smallest absolute Gasteiger partial charge is 0.255 e. The van der Waals surface area contributed by atoms with Crippen molar-refractivity contribution >= 4 is 17.7 Å². The Morgan fingerprint density at radius 1 is 1.23 bits per heavy atom. The number of nitrogens with zero attached hydrogens (tertiary/aromatic N) is 1. The van der Waals surface area contributed by atoms with Gasteiger partial charge in [0.1, 0.15) is 11.1 Å². The third-order valence-corrected chi connectivity index (χ3v) is 4.83. The summed E-state index contributed by atoms with van der Waals surface area (Å²) in [6, 6.07) is 8.82. The van der Waals surface area contributed by atoms with E-state index >= 15 is 0 Å². The van der Waals surface area contributed by atoms with Gasteiger partial charge in [-0.1, -0.05) is 0 Å². The maximum Gasteiger partial charge on any atom is 0.255 e. The fraction of sp³-hybridized carbons (Fsp3) is 0.250. The standard InChI is InChI=1S/C16H16N2O3S/c1-18-15(20)11-8-12(19)17-14(13(11)16(18)22-3)9-4-6-10(21-2)7-5-9/h4-8,16H,1-3H3,(H,17,19)/t16-/m0/s1. The summed E-state index contributed by atoms with van der Waals surface area (Å²) in [6.45, 7) is 0. The summed E-state index contributed by atoms with van der Waals surface area (Å²) in [5, 5.41) is -0.101. The second-order valence-corrected chi connectivity index (χ2v) is 5.99. The number of hydrogen-bond donors (Lipinski definition) is 1. The Kier molecular flexibility index (Phi) is 3.70. The number of aromatic amines is 1. The molecule has 0 spiro atoms. The molecule has 114 valence electrons. The van der Waals surface area contributed by atoms with Gasteiger partial charge in [-0.2, -0.15) is 0 Å². The molecular formula is C16H16N2O3S. The maximum absolute atomic E-state index is 12.3. The minimum Gasteiger partial charge on any atom is -0.497 e. The molecule has 3 rings (SSSR count). The molecule has 0 saturated carbocycles. The number of benzene rings is 1. The van der Waals surface area contributed by atoms with Crippen molar-refractivity contribution in [3.63, 3.8) is 0 Å². The number of aromatic nitrogens is 1. The molecule has 2 heterocycles. The third-order valence-electron chi connectivity index (χ3n) is 3.83. The summed E-state index contributed by atoms with van der Waals surface area (Å²) in [4.78, 5) is 28.8. The molecule has 1 aromatic carbocycles. The van der Waals surface area contributed by atoms with E-state index in [9.17, 15) is 9.59 Å². The van der Waals surface area contributed by atoms with E-state index in [0.717, 1.165) is 16.9 Å². The van der Waals surface area contributed by atoms with Crippen molar-refractivity contribution in [2.45, 2.75) is 5.37 Å². The molecule has 6 heteroatoms. The van der Waals surface area contributed by atoms with E-state index in [1.54, 1.807) is 30.8 Å². The molecule has 1 atom stereocenters. The molecule has 5 nitrogen and oxygen atoms in total. The first kappa shape index (κ1) is 14.7. The van der Waals surface area contributed by atoms with Crippen LogP contribution in [0.5, 0.6) is 5.75 Å². The zero-order valence-electron chi connectivity index (χ0n) is 12.5. The largest absolute Gasteiger partial charge is 0.497 e. The van der Waals surface area contributed by atoms with Crippen LogP contribution in [0.15, 0.2) is 35.1 Å². The summed E-state index contributed by atoms with van der Waals surface area (Å²) < 4.78 is 5.16. The van der Waals surface area contributed by atoms with Gasteiger partial charge in [-0.15, -0.1) is 11.8 Å². The van der Waals surface area contributed by atoms with E-state index < -0.39 is 0 Å². The van der Waals surface area contributed by atoms with E-state index in [2.05, 4.69) is 4.98 Å². The minimum absolute atomic E-state index is 0.101. The zero-order valence-corrected chi connectivity index (χ0v) is 13.4. The summed E-state index contributed by atoms with van der Waals surface area (Å²) in [5.41, 5.74) is 2.63. The van der Waals surface area contributed by atoms with Gasteiger partial charge >= 0.3 is 0 Å². The van der Waals surface area contributed by atoms with Gasteiger partial charge in [-0.05, 0) is 36.1 Å². The van der Waals surface area contributed by atoms with Crippen molar-refractivity contribution in [3.05, 3.63) is 51.8 Å². The van der Waals surface area contributed by atoms with Crippen molar-refractivity contribution in [2.75, 3.05) is 20.4 Å². The lowest BCUT2D eigenvalue weighted by atomic mass is 10.0. The van der Waals surface area contributed by atoms with Gasteiger partial charge in [0.25, 0.3) is 5.91 Å². The molecular weight excluding hydrogens is 300 g/mol. The van der Waals surface area contributed by atoms with Gasteiger partial charge in [0.2, 0.25) is 5.56 Å². The summed E-state index contributed by atoms with van der Waals surface area (Å²) >= 11 is 1.57. The van der Waals surface area contributed by atoms with Gasteiger partial charge in [-0.25, -0.2) is 0 Å². The van der Waals surface area contributed by atoms with Crippen LogP contribution in [0, 0.1) is 0 Å². The number of thioether (sulfide) groups is 1. The summed E-state index contributed by atoms with van der Waals surface area (Å²) in [5.74, 6) is 0.628. The molecule has 1 aliphatic rings. The number of methoxy groups -OCH3 is 1. The lowest BCUT2D eigenvalue weighted by Crippen LogP contribution is -2.21. The summed E-state index contributed by atoms with van der Waals surface area (Å²) in [7, 11) is 3.36. The van der Waals surface area contributed by atoms with Crippen molar-refractivity contribution in [3.8, 4) is 17.0 Å². The zero-order chi connectivity index (χ0) is 15.9. The Labute approximate surface area is 132 Å². The van der Waals surface area contributed by atoms with Crippen LogP contribution in [0.2, 0.25) is 0 Å². The molecule has 2 aromatic rings. The molecule has 1 amide bonds. The van der Waals surface area contributed by atoms with Gasteiger partial charge < -0.3 is 14.6 Å². The first-order valence-electron chi connectivity index (χ1n) is 6.78. The molecule has 0 radical (unpaired) electrons. The minimum atomic E-state index is -0.270. The SMILES string of the molecule is COc1ccc(-c2[nH]c(=O)cc3c2[C@H](SC)N(C)C3=O)cc1. The number of H-pyrrole nitrogens is 1. The van der Waals surface area contributed by atoms with Crippen LogP contribution in [-0.2, 0) is 0 Å². The number of amides is 1. The first-order chi connectivity index (χ1) is 10.6. The molecule has 1 N–H and O–H groups in total. The van der Waals surface area contributed by atoms with Crippen LogP contribution in [-0.4, -0.2) is 36.2 Å². The van der Waals surface area contributed by atoms with E-state index in [0.29, 0.717) is 11.3 Å². The van der Waals surface area contributed by atoms with Crippen molar-refractivity contribution in [2.24, 2.45) is 0 Å². The third kappa shape index (κ3) is 2.20. The lowest BCUT2D eigenvalue weighted by molar-refractivity contribution is 0.0813. The van der Waals surface area contributed by atoms with Crippen molar-refractivity contribution in [1.29, 1.82) is 0 Å². The van der Waals surface area contributed by atoms with Crippen molar-refractivity contribution in [1.82, 2.24) is 9.88 Å². The number of nitrogens with one attached hydrogen (secondary N) is 1. The molecule has 22 heavy (non-hydrogen) atoms. The van der Waals surface area contributed by atoms with E-state index in [-0.39, 0.29) is 16.8 Å². The summed E-state index contributed by atoms with van der Waals surface area (Å²) in [6.07, 6.45) is 1.95. The Bertz CT molecular complexity index is 783. The Balaban J connectivity index is 2.23. The second-order valence-electron chi connectivity index (χ2n) is 5.07. The quantitative estimate of drug-likeness (QED) is 0.945. The number of ether oxygens (including phenoxy) is 1. The predicted molar refractivity (Wildman–Crippen MR) is 87.4 cm³/mol. The number of rotatable bonds is 3. The molecule has 0 unspecified atom stereocenters. The number of pyridine rings is 1. The van der Waals surface area contributed by atoms with Crippen LogP contribution in [0.1, 0.15) is 21.3 Å². The van der Waals surface area contributed by atoms with Crippen molar-refractivity contribution < 1.29 is 9.53 Å². The van der Waals surface area contributed by atoms with Gasteiger partial charge in [0, 0.05) is 18.7 Å². The second kappa shape index (κ2) is 5.53. The maximum atomic E-state index is 12.3. The molecule has 0 fully saturated rings. The van der Waals surface area contributed by atoms with Gasteiger partial charge in [-0.3, -0.25) is 9.59 Å². The highest BCUT2D eigenvalue weighted by atomic mass is 32.2. The number of fused-ring (bicyclic) bond motifs is 1. The fourth-order valence-corrected chi connectivity index (χ4v) is 3.65. The van der Waals surface area contributed by atoms with E-state index in [1.165, 1.54) is 6.07 Å². The monoisotopic (exact) mass is 316 g/mol. The Hall–Kier alpha value is -2.21. The molecule has 0 saturated heterocycles. The van der Waals surface area contributed by atoms with Crippen LogP contribution in [0.25, 0.3) is 11.3 Å². The highest BCUT2D eigenvalue weighted by molar-refractivity contribution is 7.98. The molecule has 0 bridgehead atoms. The topological polar surface area (TPSA) is 62.4 Å².